The van der Waals surface area contributed by atoms with Crippen LogP contribution in [0.25, 0.3) is 11.3 Å². The minimum atomic E-state index is -0.451. The van der Waals surface area contributed by atoms with Gasteiger partial charge in [-0.3, -0.25) is 10.1 Å². The predicted octanol–water partition coefficient (Wildman–Crippen LogP) is 6.89. The van der Waals surface area contributed by atoms with Crippen molar-refractivity contribution in [3.8, 4) is 11.3 Å². The van der Waals surface area contributed by atoms with Gasteiger partial charge in [-0.15, -0.1) is 0 Å². The molecule has 3 aromatic rings. The molecule has 0 aliphatic rings. The molecule has 0 spiro atoms. The molecule has 0 bridgehead atoms. The van der Waals surface area contributed by atoms with Gasteiger partial charge in [0.25, 0.3) is 5.91 Å². The molecule has 150 valence electrons. The first-order valence-corrected chi connectivity index (χ1v) is 10.3. The molecule has 29 heavy (non-hydrogen) atoms. The highest BCUT2D eigenvalue weighted by molar-refractivity contribution is 7.80. The number of nitrogens with one attached hydrogen (secondary N) is 2. The van der Waals surface area contributed by atoms with Crippen LogP contribution in [0.5, 0.6) is 0 Å². The van der Waals surface area contributed by atoms with E-state index in [9.17, 15) is 4.79 Å². The van der Waals surface area contributed by atoms with Crippen molar-refractivity contribution in [2.45, 2.75) is 26.2 Å². The second-order valence-corrected chi connectivity index (χ2v) is 7.76. The summed E-state index contributed by atoms with van der Waals surface area (Å²) in [4.78, 5) is 12.5. The highest BCUT2D eigenvalue weighted by Gasteiger charge is 2.17. The molecule has 1 amide bonds. The second kappa shape index (κ2) is 9.44. The fraction of sp³-hybridized carbons (Fsp3) is 0.182. The van der Waals surface area contributed by atoms with Gasteiger partial charge >= 0.3 is 0 Å². The van der Waals surface area contributed by atoms with Crippen molar-refractivity contribution in [3.63, 3.8) is 0 Å². The third kappa shape index (κ3) is 4.99. The number of furan rings is 1. The maximum absolute atomic E-state index is 12.5. The van der Waals surface area contributed by atoms with Gasteiger partial charge in [-0.1, -0.05) is 61.3 Å². The van der Waals surface area contributed by atoms with Crippen LogP contribution >= 0.6 is 35.4 Å². The van der Waals surface area contributed by atoms with Crippen molar-refractivity contribution < 1.29 is 9.21 Å². The molecule has 0 saturated carbocycles. The van der Waals surface area contributed by atoms with E-state index in [1.165, 1.54) is 0 Å². The van der Waals surface area contributed by atoms with Crippen molar-refractivity contribution in [1.29, 1.82) is 0 Å². The number of carbonyl (C=O) groups excluding carboxylic acids is 1. The lowest BCUT2D eigenvalue weighted by Gasteiger charge is -2.16. The Balaban J connectivity index is 1.71. The van der Waals surface area contributed by atoms with E-state index >= 15 is 0 Å². The summed E-state index contributed by atoms with van der Waals surface area (Å²) in [5, 5.41) is 6.73. The summed E-state index contributed by atoms with van der Waals surface area (Å²) in [5.41, 5.74) is 2.63. The summed E-state index contributed by atoms with van der Waals surface area (Å²) < 4.78 is 5.66. The number of halogens is 2. The summed E-state index contributed by atoms with van der Waals surface area (Å²) >= 11 is 17.6. The van der Waals surface area contributed by atoms with Crippen LogP contribution in [-0.2, 0) is 0 Å². The maximum atomic E-state index is 12.5. The Bertz CT molecular complexity index is 1050. The predicted molar refractivity (Wildman–Crippen MR) is 123 cm³/mol. The second-order valence-electron chi connectivity index (χ2n) is 6.57. The normalized spacial score (nSPS) is 11.7. The molecule has 1 aromatic heterocycles. The quantitative estimate of drug-likeness (QED) is 0.418. The molecule has 7 heteroatoms. The Kier molecular flexibility index (Phi) is 6.96. The number of amides is 1. The molecule has 1 atom stereocenters. The maximum Gasteiger partial charge on any atom is 0.293 e. The zero-order valence-corrected chi connectivity index (χ0v) is 18.3. The molecule has 0 fully saturated rings. The van der Waals surface area contributed by atoms with Gasteiger partial charge in [0.2, 0.25) is 0 Å². The number of anilines is 1. The average Bonchev–Trinajstić information content (AvgIpc) is 3.20. The molecule has 0 aliphatic carbocycles. The molecule has 3 rings (SSSR count). The van der Waals surface area contributed by atoms with Crippen LogP contribution in [0.2, 0.25) is 10.0 Å². The van der Waals surface area contributed by atoms with Gasteiger partial charge in [0.15, 0.2) is 10.9 Å². The van der Waals surface area contributed by atoms with E-state index in [1.807, 2.05) is 18.2 Å². The molecule has 0 unspecified atom stereocenters. The lowest BCUT2D eigenvalue weighted by atomic mass is 9.97. The van der Waals surface area contributed by atoms with E-state index in [0.29, 0.717) is 27.3 Å². The van der Waals surface area contributed by atoms with Crippen LogP contribution in [-0.4, -0.2) is 11.0 Å². The third-order valence-electron chi connectivity index (χ3n) is 4.63. The van der Waals surface area contributed by atoms with E-state index in [1.54, 1.807) is 30.3 Å². The topological polar surface area (TPSA) is 54.3 Å². The van der Waals surface area contributed by atoms with Crippen LogP contribution in [0.3, 0.4) is 0 Å². The Labute approximate surface area is 185 Å². The number of benzene rings is 2. The number of carbonyl (C=O) groups is 1. The number of hydrogen-bond donors (Lipinski definition) is 2. The summed E-state index contributed by atoms with van der Waals surface area (Å²) in [7, 11) is 0. The van der Waals surface area contributed by atoms with E-state index in [2.05, 4.69) is 30.5 Å². The fourth-order valence-electron chi connectivity index (χ4n) is 2.88. The molecular formula is C22H20Cl2N2O2S. The molecule has 1 heterocycles. The van der Waals surface area contributed by atoms with Gasteiger partial charge in [-0.25, -0.2) is 0 Å². The summed E-state index contributed by atoms with van der Waals surface area (Å²) in [6.45, 7) is 4.27. The van der Waals surface area contributed by atoms with E-state index in [-0.39, 0.29) is 10.9 Å². The van der Waals surface area contributed by atoms with Crippen molar-refractivity contribution in [1.82, 2.24) is 5.32 Å². The van der Waals surface area contributed by atoms with Crippen LogP contribution < -0.4 is 10.6 Å². The summed E-state index contributed by atoms with van der Waals surface area (Å²) in [5.74, 6) is 0.485. The standard InChI is InChI=1S/C22H20Cl2N2O2S/c1-3-13(2)14-7-4-5-10-17(14)25-22(29)26-21(27)19-12-11-18(28-19)15-8-6-9-16(23)20(15)24/h4-13H,3H2,1-2H3,(H2,25,26,27,29)/t13-/m0/s1. The third-order valence-corrected chi connectivity index (χ3v) is 5.65. The smallest absolute Gasteiger partial charge is 0.293 e. The van der Waals surface area contributed by atoms with Gasteiger partial charge in [-0.2, -0.15) is 0 Å². The zero-order valence-electron chi connectivity index (χ0n) is 16.0. The Morgan fingerprint density at radius 2 is 1.86 bits per heavy atom. The molecular weight excluding hydrogens is 427 g/mol. The molecule has 2 N–H and O–H groups in total. The van der Waals surface area contributed by atoms with Gasteiger partial charge in [0.1, 0.15) is 5.76 Å². The number of hydrogen-bond acceptors (Lipinski definition) is 3. The lowest BCUT2D eigenvalue weighted by Crippen LogP contribution is -2.34. The van der Waals surface area contributed by atoms with E-state index in [4.69, 9.17) is 39.8 Å². The van der Waals surface area contributed by atoms with Gasteiger partial charge in [0.05, 0.1) is 10.0 Å². The number of rotatable bonds is 5. The monoisotopic (exact) mass is 446 g/mol. The van der Waals surface area contributed by atoms with Crippen LogP contribution in [0.15, 0.2) is 59.0 Å². The van der Waals surface area contributed by atoms with E-state index < -0.39 is 5.91 Å². The highest BCUT2D eigenvalue weighted by Crippen LogP contribution is 2.34. The Morgan fingerprint density at radius 3 is 2.62 bits per heavy atom. The molecule has 4 nitrogen and oxygen atoms in total. The van der Waals surface area contributed by atoms with Crippen LogP contribution in [0.1, 0.15) is 42.3 Å². The molecule has 0 saturated heterocycles. The van der Waals surface area contributed by atoms with E-state index in [0.717, 1.165) is 17.7 Å². The van der Waals surface area contributed by atoms with Gasteiger partial charge in [0, 0.05) is 11.3 Å². The summed E-state index contributed by atoms with van der Waals surface area (Å²) in [6.07, 6.45) is 0.999. The zero-order chi connectivity index (χ0) is 21.0. The molecule has 2 aromatic carbocycles. The van der Waals surface area contributed by atoms with Crippen molar-refractivity contribution >= 4 is 52.1 Å². The van der Waals surface area contributed by atoms with Crippen molar-refractivity contribution in [3.05, 3.63) is 76.0 Å². The van der Waals surface area contributed by atoms with Crippen molar-refractivity contribution in [2.24, 2.45) is 0 Å². The summed E-state index contributed by atoms with van der Waals surface area (Å²) in [6, 6.07) is 16.4. The number of para-hydroxylation sites is 1. The van der Waals surface area contributed by atoms with Crippen LogP contribution in [0.4, 0.5) is 5.69 Å². The first-order valence-electron chi connectivity index (χ1n) is 9.16. The SMILES string of the molecule is CC[C@H](C)c1ccccc1NC(=S)NC(=O)c1ccc(-c2cccc(Cl)c2Cl)o1. The first-order chi connectivity index (χ1) is 13.9. The highest BCUT2D eigenvalue weighted by atomic mass is 35.5. The van der Waals surface area contributed by atoms with Gasteiger partial charge < -0.3 is 9.73 Å². The largest absolute Gasteiger partial charge is 0.451 e. The van der Waals surface area contributed by atoms with Crippen molar-refractivity contribution in [2.75, 3.05) is 5.32 Å². The first kappa shape index (κ1) is 21.4. The number of thiocarbonyl (C=S) groups is 1. The minimum absolute atomic E-state index is 0.121. The lowest BCUT2D eigenvalue weighted by molar-refractivity contribution is 0.0951. The fourth-order valence-corrected chi connectivity index (χ4v) is 3.47. The van der Waals surface area contributed by atoms with Gasteiger partial charge in [-0.05, 0) is 60.5 Å². The molecule has 0 aliphatic heterocycles. The van der Waals surface area contributed by atoms with Crippen LogP contribution in [0, 0.1) is 0 Å². The Hall–Kier alpha value is -2.34. The minimum Gasteiger partial charge on any atom is -0.451 e. The average molecular weight is 447 g/mol. The molecule has 0 radical (unpaired) electrons. The Morgan fingerprint density at radius 1 is 1.10 bits per heavy atom.